The van der Waals surface area contributed by atoms with Gasteiger partial charge in [-0.3, -0.25) is 24.3 Å². The normalized spacial score (nSPS) is 11.4. The van der Waals surface area contributed by atoms with Crippen molar-refractivity contribution in [2.75, 3.05) is 11.9 Å². The van der Waals surface area contributed by atoms with Crippen LogP contribution in [0, 0.1) is 0 Å². The van der Waals surface area contributed by atoms with Crippen LogP contribution in [-0.4, -0.2) is 28.3 Å². The van der Waals surface area contributed by atoms with Gasteiger partial charge in [0.2, 0.25) is 0 Å². The predicted octanol–water partition coefficient (Wildman–Crippen LogP) is 2.54. The first-order valence-electron chi connectivity index (χ1n) is 8.60. The number of anilines is 1. The standard InChI is InChI=1S/C19H13ClF3N3O5/c20-14-6-5-10(7-13(14)19(21,22)23)24-15(27)9-31-16(28)8-26-18(30)12-4-2-1-3-11(12)17(29)25-26/h1-7H,8-9H2,(H,24,27)(H,25,29). The maximum Gasteiger partial charge on any atom is 0.417 e. The monoisotopic (exact) mass is 455 g/mol. The molecule has 162 valence electrons. The molecule has 1 heterocycles. The number of benzene rings is 2. The summed E-state index contributed by atoms with van der Waals surface area (Å²) in [7, 11) is 0. The maximum atomic E-state index is 12.9. The minimum atomic E-state index is -4.71. The molecule has 12 heteroatoms. The number of hydrogen-bond acceptors (Lipinski definition) is 5. The number of H-pyrrole nitrogens is 1. The Morgan fingerprint density at radius 2 is 1.77 bits per heavy atom. The van der Waals surface area contributed by atoms with E-state index in [1.54, 1.807) is 12.1 Å². The van der Waals surface area contributed by atoms with E-state index in [0.717, 1.165) is 16.8 Å². The van der Waals surface area contributed by atoms with E-state index in [1.165, 1.54) is 12.1 Å². The van der Waals surface area contributed by atoms with Gasteiger partial charge in [-0.05, 0) is 30.3 Å². The first kappa shape index (κ1) is 22.1. The van der Waals surface area contributed by atoms with Crippen molar-refractivity contribution in [2.45, 2.75) is 12.7 Å². The molecule has 0 bridgehead atoms. The van der Waals surface area contributed by atoms with E-state index in [4.69, 9.17) is 16.3 Å². The summed E-state index contributed by atoms with van der Waals surface area (Å²) in [5, 5.41) is 4.09. The third-order valence-corrected chi connectivity index (χ3v) is 4.42. The quantitative estimate of drug-likeness (QED) is 0.574. The molecule has 0 unspecified atom stereocenters. The van der Waals surface area contributed by atoms with Crippen molar-refractivity contribution in [3.63, 3.8) is 0 Å². The summed E-state index contributed by atoms with van der Waals surface area (Å²) in [4.78, 5) is 48.2. The van der Waals surface area contributed by atoms with Crippen LogP contribution in [-0.2, 0) is 27.0 Å². The number of nitrogens with one attached hydrogen (secondary N) is 2. The van der Waals surface area contributed by atoms with Crippen LogP contribution in [0.15, 0.2) is 52.1 Å². The van der Waals surface area contributed by atoms with Crippen molar-refractivity contribution in [1.82, 2.24) is 9.78 Å². The predicted molar refractivity (Wildman–Crippen MR) is 105 cm³/mol. The fraction of sp³-hybridized carbons (Fsp3) is 0.158. The average molecular weight is 456 g/mol. The molecule has 0 spiro atoms. The second-order valence-corrected chi connectivity index (χ2v) is 6.69. The van der Waals surface area contributed by atoms with Crippen molar-refractivity contribution in [2.24, 2.45) is 0 Å². The van der Waals surface area contributed by atoms with Gasteiger partial charge in [0.25, 0.3) is 17.0 Å². The molecule has 0 saturated heterocycles. The van der Waals surface area contributed by atoms with E-state index in [0.29, 0.717) is 6.07 Å². The Hall–Kier alpha value is -3.60. The highest BCUT2D eigenvalue weighted by molar-refractivity contribution is 6.31. The largest absolute Gasteiger partial charge is 0.454 e. The number of aromatic nitrogens is 2. The number of rotatable bonds is 5. The van der Waals surface area contributed by atoms with Gasteiger partial charge in [0.1, 0.15) is 6.54 Å². The summed E-state index contributed by atoms with van der Waals surface area (Å²) in [5.74, 6) is -1.93. The number of halogens is 4. The highest BCUT2D eigenvalue weighted by atomic mass is 35.5. The van der Waals surface area contributed by atoms with Gasteiger partial charge in [-0.25, -0.2) is 4.68 Å². The van der Waals surface area contributed by atoms with Crippen LogP contribution < -0.4 is 16.4 Å². The third kappa shape index (κ3) is 5.12. The van der Waals surface area contributed by atoms with Crippen LogP contribution in [0.4, 0.5) is 18.9 Å². The zero-order chi connectivity index (χ0) is 22.8. The second kappa shape index (κ2) is 8.64. The number of carbonyl (C=O) groups is 2. The summed E-state index contributed by atoms with van der Waals surface area (Å²) >= 11 is 5.50. The van der Waals surface area contributed by atoms with Gasteiger partial charge in [-0.15, -0.1) is 0 Å². The smallest absolute Gasteiger partial charge is 0.417 e. The number of amides is 1. The van der Waals surface area contributed by atoms with Crippen molar-refractivity contribution in [3.8, 4) is 0 Å². The number of hydrogen-bond donors (Lipinski definition) is 2. The third-order valence-electron chi connectivity index (χ3n) is 4.09. The lowest BCUT2D eigenvalue weighted by atomic mass is 10.2. The summed E-state index contributed by atoms with van der Waals surface area (Å²) in [6, 6.07) is 8.75. The lowest BCUT2D eigenvalue weighted by molar-refractivity contribution is -0.148. The van der Waals surface area contributed by atoms with Crippen LogP contribution >= 0.6 is 11.6 Å². The first-order chi connectivity index (χ1) is 14.6. The molecule has 0 fully saturated rings. The summed E-state index contributed by atoms with van der Waals surface area (Å²) in [6.45, 7) is -1.50. The number of nitrogens with zero attached hydrogens (tertiary/aromatic N) is 1. The van der Waals surface area contributed by atoms with Crippen LogP contribution in [0.1, 0.15) is 5.56 Å². The molecule has 1 aromatic heterocycles. The van der Waals surface area contributed by atoms with E-state index in [-0.39, 0.29) is 16.5 Å². The topological polar surface area (TPSA) is 110 Å². The van der Waals surface area contributed by atoms with Gasteiger partial charge in [0, 0.05) is 5.69 Å². The number of esters is 1. The van der Waals surface area contributed by atoms with E-state index < -0.39 is 52.9 Å². The number of alkyl halides is 3. The molecule has 3 rings (SSSR count). The van der Waals surface area contributed by atoms with Crippen molar-refractivity contribution < 1.29 is 27.5 Å². The van der Waals surface area contributed by atoms with E-state index >= 15 is 0 Å². The molecule has 2 aromatic carbocycles. The highest BCUT2D eigenvalue weighted by Gasteiger charge is 2.33. The fourth-order valence-electron chi connectivity index (χ4n) is 2.70. The molecule has 0 aliphatic carbocycles. The molecule has 0 radical (unpaired) electrons. The summed E-state index contributed by atoms with van der Waals surface area (Å²) in [5.41, 5.74) is -2.57. The van der Waals surface area contributed by atoms with E-state index in [2.05, 4.69) is 10.4 Å². The number of ether oxygens (including phenoxy) is 1. The van der Waals surface area contributed by atoms with E-state index in [9.17, 15) is 32.3 Å². The zero-order valence-corrected chi connectivity index (χ0v) is 16.2. The minimum absolute atomic E-state index is 0.0972. The number of fused-ring (bicyclic) bond motifs is 1. The lowest BCUT2D eigenvalue weighted by Gasteiger charge is -2.12. The SMILES string of the molecule is O=C(COC(=O)Cn1[nH]c(=O)c2ccccc2c1=O)Nc1ccc(Cl)c(C(F)(F)F)c1. The fourth-order valence-corrected chi connectivity index (χ4v) is 2.92. The van der Waals surface area contributed by atoms with Gasteiger partial charge < -0.3 is 10.1 Å². The number of carbonyl (C=O) groups excluding carboxylic acids is 2. The van der Waals surface area contributed by atoms with E-state index in [1.807, 2.05) is 0 Å². The molecule has 0 aliphatic heterocycles. The van der Waals surface area contributed by atoms with Gasteiger partial charge in [0.05, 0.1) is 21.4 Å². The molecule has 31 heavy (non-hydrogen) atoms. The van der Waals surface area contributed by atoms with Crippen LogP contribution in [0.25, 0.3) is 10.8 Å². The van der Waals surface area contributed by atoms with Crippen molar-refractivity contribution >= 4 is 39.9 Å². The van der Waals surface area contributed by atoms with Crippen molar-refractivity contribution in [1.29, 1.82) is 0 Å². The van der Waals surface area contributed by atoms with Gasteiger partial charge in [0.15, 0.2) is 6.61 Å². The molecule has 8 nitrogen and oxygen atoms in total. The molecular weight excluding hydrogens is 443 g/mol. The van der Waals surface area contributed by atoms with Crippen molar-refractivity contribution in [3.05, 3.63) is 73.8 Å². The Morgan fingerprint density at radius 1 is 1.10 bits per heavy atom. The van der Waals surface area contributed by atoms with Gasteiger partial charge >= 0.3 is 12.1 Å². The Kier molecular flexibility index (Phi) is 6.16. The molecule has 1 amide bonds. The summed E-state index contributed by atoms with van der Waals surface area (Å²) < 4.78 is 44.1. The molecule has 0 aliphatic rings. The second-order valence-electron chi connectivity index (χ2n) is 6.28. The number of aromatic amines is 1. The summed E-state index contributed by atoms with van der Waals surface area (Å²) in [6.07, 6.45) is -4.71. The van der Waals surface area contributed by atoms with Gasteiger partial charge in [-0.2, -0.15) is 13.2 Å². The molecule has 0 atom stereocenters. The van der Waals surface area contributed by atoms with Gasteiger partial charge in [-0.1, -0.05) is 23.7 Å². The Labute approximate surface area is 176 Å². The highest BCUT2D eigenvalue weighted by Crippen LogP contribution is 2.36. The Bertz CT molecular complexity index is 1280. The van der Waals surface area contributed by atoms with Crippen LogP contribution in [0.5, 0.6) is 0 Å². The molecule has 0 saturated carbocycles. The Morgan fingerprint density at radius 3 is 2.45 bits per heavy atom. The maximum absolute atomic E-state index is 12.9. The lowest BCUT2D eigenvalue weighted by Crippen LogP contribution is -2.33. The molecule has 2 N–H and O–H groups in total. The van der Waals surface area contributed by atoms with Crippen LogP contribution in [0.3, 0.4) is 0 Å². The zero-order valence-electron chi connectivity index (χ0n) is 15.5. The van der Waals surface area contributed by atoms with Crippen LogP contribution in [0.2, 0.25) is 5.02 Å². The Balaban J connectivity index is 1.64. The average Bonchev–Trinajstić information content (AvgIpc) is 2.71. The first-order valence-corrected chi connectivity index (χ1v) is 8.98. The minimum Gasteiger partial charge on any atom is -0.454 e. The molecular formula is C19H13ClF3N3O5. The molecule has 3 aromatic rings.